The summed E-state index contributed by atoms with van der Waals surface area (Å²) in [6, 6.07) is 5.38. The van der Waals surface area contributed by atoms with E-state index in [1.54, 1.807) is 0 Å². The normalized spacial score (nSPS) is 16.4. The summed E-state index contributed by atoms with van der Waals surface area (Å²) in [4.78, 5) is 24.9. The van der Waals surface area contributed by atoms with Gasteiger partial charge < -0.3 is 5.32 Å². The number of hydrogen-bond donors (Lipinski definition) is 2. The maximum atomic E-state index is 11.7. The van der Waals surface area contributed by atoms with Crippen molar-refractivity contribution in [1.82, 2.24) is 30.1 Å². The SMILES string of the molecule is CNC(=O)NC(=O)CN1CCC(c2nnc3ccccn23)CC1. The third kappa shape index (κ3) is 3.48. The largest absolute Gasteiger partial charge is 0.341 e. The van der Waals surface area contributed by atoms with Gasteiger partial charge in [-0.15, -0.1) is 10.2 Å². The Morgan fingerprint density at radius 2 is 2.04 bits per heavy atom. The van der Waals surface area contributed by atoms with Crippen molar-refractivity contribution in [2.24, 2.45) is 0 Å². The number of urea groups is 1. The minimum atomic E-state index is -0.472. The molecule has 3 heterocycles. The van der Waals surface area contributed by atoms with E-state index in [4.69, 9.17) is 0 Å². The summed E-state index contributed by atoms with van der Waals surface area (Å²) in [6.45, 7) is 1.84. The predicted octanol–water partition coefficient (Wildman–Crippen LogP) is 0.364. The van der Waals surface area contributed by atoms with Crippen molar-refractivity contribution in [3.63, 3.8) is 0 Å². The summed E-state index contributed by atoms with van der Waals surface area (Å²) >= 11 is 0. The van der Waals surface area contributed by atoms with Crippen LogP contribution in [0.4, 0.5) is 4.79 Å². The number of piperidine rings is 1. The Balaban J connectivity index is 1.56. The highest BCUT2D eigenvalue weighted by molar-refractivity contribution is 5.95. The number of aromatic nitrogens is 3. The summed E-state index contributed by atoms with van der Waals surface area (Å²) in [6.07, 6.45) is 3.82. The van der Waals surface area contributed by atoms with Crippen LogP contribution in [0, 0.1) is 0 Å². The standard InChI is InChI=1S/C15H20N6O2/c1-16-15(23)17-13(22)10-20-8-5-11(6-9-20)14-19-18-12-4-2-3-7-21(12)14/h2-4,7,11H,5-6,8-10H2,1H3,(H2,16,17,22,23). The van der Waals surface area contributed by atoms with E-state index in [1.165, 1.54) is 7.05 Å². The van der Waals surface area contributed by atoms with E-state index < -0.39 is 6.03 Å². The first-order chi connectivity index (χ1) is 11.2. The number of carbonyl (C=O) groups is 2. The number of hydrogen-bond acceptors (Lipinski definition) is 5. The van der Waals surface area contributed by atoms with Crippen molar-refractivity contribution in [2.75, 3.05) is 26.7 Å². The van der Waals surface area contributed by atoms with Crippen LogP contribution in [0.1, 0.15) is 24.6 Å². The molecule has 3 rings (SSSR count). The van der Waals surface area contributed by atoms with Crippen LogP contribution in [-0.4, -0.2) is 58.1 Å². The fraction of sp³-hybridized carbons (Fsp3) is 0.467. The van der Waals surface area contributed by atoms with E-state index in [9.17, 15) is 9.59 Å². The van der Waals surface area contributed by atoms with Gasteiger partial charge >= 0.3 is 6.03 Å². The van der Waals surface area contributed by atoms with Crippen molar-refractivity contribution in [3.05, 3.63) is 30.2 Å². The van der Waals surface area contributed by atoms with Crippen LogP contribution in [0.25, 0.3) is 5.65 Å². The molecule has 8 heteroatoms. The predicted molar refractivity (Wildman–Crippen MR) is 84.0 cm³/mol. The minimum Gasteiger partial charge on any atom is -0.341 e. The first-order valence-corrected chi connectivity index (χ1v) is 7.71. The first kappa shape index (κ1) is 15.4. The van der Waals surface area contributed by atoms with Crippen molar-refractivity contribution in [2.45, 2.75) is 18.8 Å². The molecule has 1 aliphatic heterocycles. The number of likely N-dealkylation sites (tertiary alicyclic amines) is 1. The fourth-order valence-electron chi connectivity index (χ4n) is 2.92. The highest BCUT2D eigenvalue weighted by Crippen LogP contribution is 2.26. The quantitative estimate of drug-likeness (QED) is 0.853. The summed E-state index contributed by atoms with van der Waals surface area (Å²) in [5.74, 6) is 1.04. The zero-order valence-electron chi connectivity index (χ0n) is 13.0. The molecule has 2 N–H and O–H groups in total. The molecule has 2 aromatic rings. The van der Waals surface area contributed by atoms with Gasteiger partial charge in [-0.1, -0.05) is 6.07 Å². The molecule has 0 aliphatic carbocycles. The van der Waals surface area contributed by atoms with E-state index in [-0.39, 0.29) is 12.5 Å². The van der Waals surface area contributed by atoms with Gasteiger partial charge in [-0.3, -0.25) is 19.4 Å². The summed E-state index contributed by atoms with van der Waals surface area (Å²) in [5.41, 5.74) is 0.856. The van der Waals surface area contributed by atoms with Gasteiger partial charge in [0, 0.05) is 19.2 Å². The lowest BCUT2D eigenvalue weighted by molar-refractivity contribution is -0.121. The molecule has 0 aromatic carbocycles. The zero-order chi connectivity index (χ0) is 16.2. The van der Waals surface area contributed by atoms with Gasteiger partial charge in [-0.25, -0.2) is 4.79 Å². The van der Waals surface area contributed by atoms with Crippen LogP contribution in [0.15, 0.2) is 24.4 Å². The van der Waals surface area contributed by atoms with Crippen LogP contribution in [0.5, 0.6) is 0 Å². The molecule has 23 heavy (non-hydrogen) atoms. The number of rotatable bonds is 3. The molecule has 8 nitrogen and oxygen atoms in total. The van der Waals surface area contributed by atoms with Crippen LogP contribution in [-0.2, 0) is 4.79 Å². The van der Waals surface area contributed by atoms with Crippen molar-refractivity contribution < 1.29 is 9.59 Å². The summed E-state index contributed by atoms with van der Waals surface area (Å²) in [5, 5.41) is 13.2. The second-order valence-electron chi connectivity index (χ2n) is 5.66. The van der Waals surface area contributed by atoms with Gasteiger partial charge in [0.05, 0.1) is 6.54 Å². The number of imide groups is 1. The number of nitrogens with zero attached hydrogens (tertiary/aromatic N) is 4. The lowest BCUT2D eigenvalue weighted by Gasteiger charge is -2.30. The highest BCUT2D eigenvalue weighted by atomic mass is 16.2. The van der Waals surface area contributed by atoms with Gasteiger partial charge in [0.2, 0.25) is 5.91 Å². The number of carbonyl (C=O) groups excluding carboxylic acids is 2. The van der Waals surface area contributed by atoms with Crippen molar-refractivity contribution in [1.29, 1.82) is 0 Å². The number of amides is 3. The monoisotopic (exact) mass is 316 g/mol. The molecule has 0 saturated carbocycles. The third-order valence-electron chi connectivity index (χ3n) is 4.14. The Kier molecular flexibility index (Phi) is 4.52. The first-order valence-electron chi connectivity index (χ1n) is 7.71. The molecule has 0 spiro atoms. The number of nitrogens with one attached hydrogen (secondary N) is 2. The second kappa shape index (κ2) is 6.74. The summed E-state index contributed by atoms with van der Waals surface area (Å²) < 4.78 is 2.03. The number of pyridine rings is 1. The third-order valence-corrected chi connectivity index (χ3v) is 4.14. The van der Waals surface area contributed by atoms with Crippen LogP contribution < -0.4 is 10.6 Å². The Morgan fingerprint density at radius 1 is 1.26 bits per heavy atom. The molecule has 3 amide bonds. The van der Waals surface area contributed by atoms with E-state index >= 15 is 0 Å². The molecule has 0 bridgehead atoms. The molecule has 122 valence electrons. The lowest BCUT2D eigenvalue weighted by atomic mass is 9.96. The van der Waals surface area contributed by atoms with E-state index in [2.05, 4.69) is 25.7 Å². The highest BCUT2D eigenvalue weighted by Gasteiger charge is 2.25. The summed E-state index contributed by atoms with van der Waals surface area (Å²) in [7, 11) is 1.48. The van der Waals surface area contributed by atoms with Gasteiger partial charge in [0.1, 0.15) is 5.82 Å². The van der Waals surface area contributed by atoms with Crippen LogP contribution in [0.2, 0.25) is 0 Å². The molecule has 0 unspecified atom stereocenters. The molecule has 2 aromatic heterocycles. The van der Waals surface area contributed by atoms with Crippen LogP contribution in [0.3, 0.4) is 0 Å². The Labute approximate surface area is 133 Å². The van der Waals surface area contributed by atoms with Gasteiger partial charge in [0.15, 0.2) is 5.65 Å². The Morgan fingerprint density at radius 3 is 2.78 bits per heavy atom. The van der Waals surface area contributed by atoms with Crippen molar-refractivity contribution >= 4 is 17.6 Å². The molecule has 0 radical (unpaired) electrons. The number of fused-ring (bicyclic) bond motifs is 1. The van der Waals surface area contributed by atoms with E-state index in [0.29, 0.717) is 5.92 Å². The average molecular weight is 316 g/mol. The molecular weight excluding hydrogens is 296 g/mol. The smallest absolute Gasteiger partial charge is 0.321 e. The molecular formula is C15H20N6O2. The van der Waals surface area contributed by atoms with Crippen molar-refractivity contribution in [3.8, 4) is 0 Å². The second-order valence-corrected chi connectivity index (χ2v) is 5.66. The fourth-order valence-corrected chi connectivity index (χ4v) is 2.92. The molecule has 1 fully saturated rings. The topological polar surface area (TPSA) is 91.6 Å². The maximum Gasteiger partial charge on any atom is 0.321 e. The zero-order valence-corrected chi connectivity index (χ0v) is 13.0. The lowest BCUT2D eigenvalue weighted by Crippen LogP contribution is -2.45. The van der Waals surface area contributed by atoms with E-state index in [0.717, 1.165) is 37.4 Å². The van der Waals surface area contributed by atoms with Gasteiger partial charge in [-0.2, -0.15) is 0 Å². The van der Waals surface area contributed by atoms with Crippen LogP contribution >= 0.6 is 0 Å². The van der Waals surface area contributed by atoms with Gasteiger partial charge in [-0.05, 0) is 38.1 Å². The minimum absolute atomic E-state index is 0.237. The average Bonchev–Trinajstić information content (AvgIpc) is 2.99. The molecule has 0 atom stereocenters. The van der Waals surface area contributed by atoms with Gasteiger partial charge in [0.25, 0.3) is 0 Å². The molecule has 1 aliphatic rings. The van der Waals surface area contributed by atoms with E-state index in [1.807, 2.05) is 28.8 Å². The molecule has 1 saturated heterocycles. The Bertz CT molecular complexity index is 705. The Hall–Kier alpha value is -2.48. The maximum absolute atomic E-state index is 11.7.